The molecule has 0 bridgehead atoms. The topological polar surface area (TPSA) is 98.6 Å². The highest BCUT2D eigenvalue weighted by atomic mass is 35.5. The molecule has 4 heterocycles. The molecule has 3 aromatic heterocycles. The molecule has 0 unspecified atom stereocenters. The summed E-state index contributed by atoms with van der Waals surface area (Å²) in [5.74, 6) is -0.701. The Balaban J connectivity index is 1.31. The van der Waals surface area contributed by atoms with Crippen molar-refractivity contribution in [1.82, 2.24) is 29.6 Å². The van der Waals surface area contributed by atoms with E-state index in [-0.39, 0.29) is 22.4 Å². The number of H-pyrrole nitrogens is 1. The van der Waals surface area contributed by atoms with Gasteiger partial charge in [0.05, 0.1) is 16.6 Å². The number of anilines is 1. The summed E-state index contributed by atoms with van der Waals surface area (Å²) >= 11 is 6.32. The molecule has 0 saturated carbocycles. The lowest BCUT2D eigenvalue weighted by molar-refractivity contribution is 0.0958. The third-order valence-corrected chi connectivity index (χ3v) is 6.16. The van der Waals surface area contributed by atoms with Crippen molar-refractivity contribution in [1.29, 1.82) is 0 Å². The fourth-order valence-electron chi connectivity index (χ4n) is 4.23. The first-order valence-corrected chi connectivity index (χ1v) is 10.9. The molecule has 9 nitrogen and oxygen atoms in total. The normalized spacial score (nSPS) is 14.8. The van der Waals surface area contributed by atoms with E-state index >= 15 is 0 Å². The van der Waals surface area contributed by atoms with E-state index in [0.717, 1.165) is 24.3 Å². The van der Waals surface area contributed by atoms with Crippen molar-refractivity contribution < 1.29 is 9.18 Å². The number of halogens is 2. The maximum atomic E-state index is 14.9. The number of nitrogens with one attached hydrogen (secondary N) is 2. The lowest BCUT2D eigenvalue weighted by Crippen LogP contribution is -2.46. The van der Waals surface area contributed by atoms with Crippen LogP contribution in [0.4, 0.5) is 10.1 Å². The molecule has 1 aliphatic heterocycles. The number of piperazine rings is 1. The van der Waals surface area contributed by atoms with Crippen LogP contribution < -0.4 is 15.9 Å². The number of hydrogen-bond acceptors (Lipinski definition) is 6. The van der Waals surface area contributed by atoms with Crippen LogP contribution in [0.5, 0.6) is 0 Å². The van der Waals surface area contributed by atoms with Gasteiger partial charge in [0.2, 0.25) is 0 Å². The van der Waals surface area contributed by atoms with E-state index in [1.54, 1.807) is 25.2 Å². The van der Waals surface area contributed by atoms with Gasteiger partial charge in [-0.3, -0.25) is 14.1 Å². The van der Waals surface area contributed by atoms with Crippen molar-refractivity contribution in [2.24, 2.45) is 0 Å². The Labute approximate surface area is 192 Å². The zero-order valence-electron chi connectivity index (χ0n) is 17.8. The quantitative estimate of drug-likeness (QED) is 0.444. The molecule has 0 aliphatic carbocycles. The predicted octanol–water partition coefficient (Wildman–Crippen LogP) is 2.05. The van der Waals surface area contributed by atoms with Gasteiger partial charge >= 0.3 is 5.69 Å². The second-order valence-electron chi connectivity index (χ2n) is 7.90. The Morgan fingerprint density at radius 2 is 2.03 bits per heavy atom. The SMILES string of the molecule is CNC(=O)c1ccc(N2CCN(Cc3cc(F)c4c(c3)[nH]c(=O)n3ccnc43)CC2)c(Cl)n1. The third-order valence-electron chi connectivity index (χ3n) is 5.88. The van der Waals surface area contributed by atoms with Crippen LogP contribution in [0.25, 0.3) is 16.6 Å². The van der Waals surface area contributed by atoms with E-state index < -0.39 is 5.82 Å². The van der Waals surface area contributed by atoms with Crippen LogP contribution in [0, 0.1) is 5.82 Å². The standard InChI is InChI=1S/C22H21ClFN7O2/c1-25-21(32)15-2-3-17(19(23)27-15)30-8-6-29(7-9-30)12-13-10-14(24)18-16(11-13)28-22(33)31-5-4-26-20(18)31/h2-5,10-11H,6-9,12H2,1H3,(H,25,32)(H,28,33). The van der Waals surface area contributed by atoms with Gasteiger partial charge in [-0.15, -0.1) is 0 Å². The zero-order chi connectivity index (χ0) is 23.1. The number of rotatable bonds is 4. The average Bonchev–Trinajstić information content (AvgIpc) is 3.29. The molecule has 0 atom stereocenters. The molecule has 4 aromatic rings. The van der Waals surface area contributed by atoms with Crippen LogP contribution in [0.2, 0.25) is 5.15 Å². The van der Waals surface area contributed by atoms with Gasteiger partial charge in [0.15, 0.2) is 10.8 Å². The molecular formula is C22H21ClFN7O2. The molecule has 1 fully saturated rings. The van der Waals surface area contributed by atoms with Crippen LogP contribution in [0.3, 0.4) is 0 Å². The van der Waals surface area contributed by atoms with Crippen LogP contribution in [0.1, 0.15) is 16.1 Å². The molecule has 1 aromatic carbocycles. The first-order valence-electron chi connectivity index (χ1n) is 10.5. The minimum absolute atomic E-state index is 0.272. The van der Waals surface area contributed by atoms with E-state index in [1.807, 2.05) is 0 Å². The molecule has 0 radical (unpaired) electrons. The number of pyridine rings is 1. The molecule has 1 aliphatic rings. The van der Waals surface area contributed by atoms with E-state index in [9.17, 15) is 14.0 Å². The summed E-state index contributed by atoms with van der Waals surface area (Å²) in [5, 5.41) is 3.12. The summed E-state index contributed by atoms with van der Waals surface area (Å²) in [6.07, 6.45) is 2.99. The van der Waals surface area contributed by atoms with Crippen molar-refractivity contribution in [2.75, 3.05) is 38.1 Å². The second kappa shape index (κ2) is 8.45. The molecule has 2 N–H and O–H groups in total. The van der Waals surface area contributed by atoms with E-state index in [1.165, 1.54) is 22.9 Å². The van der Waals surface area contributed by atoms with Crippen LogP contribution in [-0.4, -0.2) is 63.4 Å². The summed E-state index contributed by atoms with van der Waals surface area (Å²) in [5.41, 5.74) is 2.21. The summed E-state index contributed by atoms with van der Waals surface area (Å²) < 4.78 is 16.2. The number of carbonyl (C=O) groups is 1. The Bertz CT molecular complexity index is 1430. The number of nitrogens with zero attached hydrogens (tertiary/aromatic N) is 5. The van der Waals surface area contributed by atoms with E-state index in [4.69, 9.17) is 11.6 Å². The average molecular weight is 470 g/mol. The number of fused-ring (bicyclic) bond motifs is 3. The van der Waals surface area contributed by atoms with Gasteiger partial charge in [-0.2, -0.15) is 0 Å². The molecule has 5 rings (SSSR count). The van der Waals surface area contributed by atoms with Gasteiger partial charge in [-0.1, -0.05) is 11.6 Å². The Kier molecular flexibility index (Phi) is 5.47. The van der Waals surface area contributed by atoms with E-state index in [2.05, 4.69) is 30.1 Å². The smallest absolute Gasteiger partial charge is 0.331 e. The van der Waals surface area contributed by atoms with Crippen molar-refractivity contribution in [3.05, 3.63) is 69.4 Å². The minimum atomic E-state index is -0.414. The van der Waals surface area contributed by atoms with Gasteiger partial charge in [0.1, 0.15) is 11.5 Å². The fraction of sp³-hybridized carbons (Fsp3) is 0.273. The fourth-order valence-corrected chi connectivity index (χ4v) is 4.50. The lowest BCUT2D eigenvalue weighted by Gasteiger charge is -2.36. The van der Waals surface area contributed by atoms with Crippen LogP contribution in [-0.2, 0) is 6.54 Å². The highest BCUT2D eigenvalue weighted by molar-refractivity contribution is 6.32. The highest BCUT2D eigenvalue weighted by Gasteiger charge is 2.21. The largest absolute Gasteiger partial charge is 0.366 e. The van der Waals surface area contributed by atoms with Gasteiger partial charge in [0, 0.05) is 52.2 Å². The Morgan fingerprint density at radius 1 is 1.24 bits per heavy atom. The Hall–Kier alpha value is -3.50. The van der Waals surface area contributed by atoms with E-state index in [0.29, 0.717) is 36.2 Å². The molecule has 0 spiro atoms. The number of imidazole rings is 1. The number of amides is 1. The molecular weight excluding hydrogens is 449 g/mol. The van der Waals surface area contributed by atoms with Crippen molar-refractivity contribution in [3.8, 4) is 0 Å². The maximum Gasteiger partial charge on any atom is 0.331 e. The second-order valence-corrected chi connectivity index (χ2v) is 8.26. The molecule has 1 amide bonds. The van der Waals surface area contributed by atoms with Crippen molar-refractivity contribution in [3.63, 3.8) is 0 Å². The van der Waals surface area contributed by atoms with Gasteiger partial charge in [-0.25, -0.2) is 19.2 Å². The maximum absolute atomic E-state index is 14.9. The van der Waals surface area contributed by atoms with Gasteiger partial charge in [0.25, 0.3) is 5.91 Å². The summed E-state index contributed by atoms with van der Waals surface area (Å²) in [4.78, 5) is 39.4. The van der Waals surface area contributed by atoms with Gasteiger partial charge < -0.3 is 15.2 Å². The number of aromatic nitrogens is 4. The summed E-state index contributed by atoms with van der Waals surface area (Å²) in [6.45, 7) is 3.45. The zero-order valence-corrected chi connectivity index (χ0v) is 18.6. The van der Waals surface area contributed by atoms with Crippen LogP contribution >= 0.6 is 11.6 Å². The van der Waals surface area contributed by atoms with Crippen molar-refractivity contribution in [2.45, 2.75) is 6.54 Å². The third kappa shape index (κ3) is 3.91. The molecule has 170 valence electrons. The lowest BCUT2D eigenvalue weighted by atomic mass is 10.1. The first kappa shape index (κ1) is 21.4. The Morgan fingerprint density at radius 3 is 2.76 bits per heavy atom. The summed E-state index contributed by atoms with van der Waals surface area (Å²) in [7, 11) is 1.54. The molecule has 11 heteroatoms. The number of carbonyl (C=O) groups excluding carboxylic acids is 1. The van der Waals surface area contributed by atoms with Gasteiger partial charge in [-0.05, 0) is 29.8 Å². The first-order chi connectivity index (χ1) is 15.9. The number of benzene rings is 1. The van der Waals surface area contributed by atoms with Crippen molar-refractivity contribution >= 4 is 39.7 Å². The molecule has 1 saturated heterocycles. The highest BCUT2D eigenvalue weighted by Crippen LogP contribution is 2.26. The monoisotopic (exact) mass is 469 g/mol. The molecule has 33 heavy (non-hydrogen) atoms. The van der Waals surface area contributed by atoms with Crippen LogP contribution in [0.15, 0.2) is 41.5 Å². The number of hydrogen-bond donors (Lipinski definition) is 2. The number of aromatic amines is 1. The summed E-state index contributed by atoms with van der Waals surface area (Å²) in [6, 6.07) is 6.77. The predicted molar refractivity (Wildman–Crippen MR) is 123 cm³/mol. The minimum Gasteiger partial charge on any atom is -0.366 e.